The van der Waals surface area contributed by atoms with E-state index in [9.17, 15) is 0 Å². The maximum atomic E-state index is 5.35. The van der Waals surface area contributed by atoms with E-state index in [2.05, 4.69) is 22.2 Å². The minimum absolute atomic E-state index is 0.510. The fourth-order valence-electron chi connectivity index (χ4n) is 2.35. The summed E-state index contributed by atoms with van der Waals surface area (Å²) in [6.07, 6.45) is 7.58. The number of benzene rings is 1. The third kappa shape index (κ3) is 3.18. The van der Waals surface area contributed by atoms with E-state index in [1.807, 2.05) is 18.2 Å². The largest absolute Gasteiger partial charge is 0.495 e. The molecule has 2 rings (SSSR count). The second-order valence-corrected chi connectivity index (χ2v) is 4.60. The first-order valence-electron chi connectivity index (χ1n) is 6.39. The molecule has 96 valence electrons. The lowest BCUT2D eigenvalue weighted by molar-refractivity contribution is 0.243. The predicted molar refractivity (Wildman–Crippen MR) is 74.9 cm³/mol. The zero-order valence-electron chi connectivity index (χ0n) is 10.9. The molecule has 18 heavy (non-hydrogen) atoms. The summed E-state index contributed by atoms with van der Waals surface area (Å²) in [5.74, 6) is 3.61. The van der Waals surface area contributed by atoms with E-state index in [1.165, 1.54) is 0 Å². The fraction of sp³-hybridized carbons (Fsp3) is 0.467. The third-order valence-corrected chi connectivity index (χ3v) is 3.37. The Balaban J connectivity index is 1.90. The van der Waals surface area contributed by atoms with Crippen molar-refractivity contribution in [3.05, 3.63) is 24.3 Å². The monoisotopic (exact) mass is 244 g/mol. The molecule has 1 aromatic carbocycles. The maximum Gasteiger partial charge on any atom is 0.141 e. The van der Waals surface area contributed by atoms with Gasteiger partial charge in [-0.3, -0.25) is 4.90 Å². The molecule has 1 aromatic rings. The van der Waals surface area contributed by atoms with Crippen LogP contribution >= 0.6 is 0 Å². The van der Waals surface area contributed by atoms with Crippen molar-refractivity contribution in [2.24, 2.45) is 0 Å². The number of rotatable bonds is 4. The van der Waals surface area contributed by atoms with Crippen molar-refractivity contribution in [2.75, 3.05) is 32.1 Å². The number of methoxy groups -OCH3 is 1. The zero-order chi connectivity index (χ0) is 12.8. The van der Waals surface area contributed by atoms with Crippen molar-refractivity contribution in [3.8, 4) is 18.1 Å². The number of likely N-dealkylation sites (tertiary alicyclic amines) is 1. The van der Waals surface area contributed by atoms with Crippen molar-refractivity contribution in [1.82, 2.24) is 4.90 Å². The summed E-state index contributed by atoms with van der Waals surface area (Å²) in [4.78, 5) is 2.32. The Bertz CT molecular complexity index is 417. The fourth-order valence-corrected chi connectivity index (χ4v) is 2.35. The average Bonchev–Trinajstić information content (AvgIpc) is 2.42. The van der Waals surface area contributed by atoms with Crippen LogP contribution in [0.2, 0.25) is 0 Å². The summed E-state index contributed by atoms with van der Waals surface area (Å²) in [6.45, 7) is 2.90. The topological polar surface area (TPSA) is 24.5 Å². The number of anilines is 1. The Hall–Kier alpha value is -1.66. The van der Waals surface area contributed by atoms with Crippen LogP contribution in [0.1, 0.15) is 12.8 Å². The van der Waals surface area contributed by atoms with Crippen molar-refractivity contribution in [3.63, 3.8) is 0 Å². The maximum absolute atomic E-state index is 5.35. The van der Waals surface area contributed by atoms with Crippen LogP contribution in [-0.2, 0) is 0 Å². The molecule has 1 heterocycles. The van der Waals surface area contributed by atoms with Gasteiger partial charge in [-0.15, -0.1) is 6.42 Å². The van der Waals surface area contributed by atoms with Gasteiger partial charge in [-0.05, 0) is 25.0 Å². The van der Waals surface area contributed by atoms with Crippen LogP contribution in [0.5, 0.6) is 5.75 Å². The van der Waals surface area contributed by atoms with Gasteiger partial charge in [-0.2, -0.15) is 0 Å². The minimum atomic E-state index is 0.510. The van der Waals surface area contributed by atoms with Crippen molar-refractivity contribution in [2.45, 2.75) is 18.9 Å². The van der Waals surface area contributed by atoms with Crippen LogP contribution in [0.15, 0.2) is 24.3 Å². The molecule has 1 fully saturated rings. The van der Waals surface area contributed by atoms with E-state index in [4.69, 9.17) is 11.2 Å². The molecule has 0 saturated carbocycles. The summed E-state index contributed by atoms with van der Waals surface area (Å²) in [7, 11) is 1.70. The first kappa shape index (κ1) is 12.8. The van der Waals surface area contributed by atoms with Gasteiger partial charge in [0.2, 0.25) is 0 Å². The highest BCUT2D eigenvalue weighted by atomic mass is 16.5. The summed E-state index contributed by atoms with van der Waals surface area (Å²) in [5, 5.41) is 3.56. The number of ether oxygens (including phenoxy) is 1. The Kier molecular flexibility index (Phi) is 4.49. The van der Waals surface area contributed by atoms with Gasteiger partial charge in [-0.1, -0.05) is 18.1 Å². The molecular formula is C15H20N2O. The second kappa shape index (κ2) is 6.32. The number of hydrogen-bond acceptors (Lipinski definition) is 3. The Morgan fingerprint density at radius 1 is 1.39 bits per heavy atom. The molecule has 0 spiro atoms. The number of nitrogens with one attached hydrogen (secondary N) is 1. The highest BCUT2D eigenvalue weighted by Gasteiger charge is 2.18. The molecule has 0 bridgehead atoms. The van der Waals surface area contributed by atoms with Crippen LogP contribution in [0, 0.1) is 12.3 Å². The SMILES string of the molecule is C#CCN1CCC(Nc2ccccc2OC)CC1. The van der Waals surface area contributed by atoms with E-state index in [0.717, 1.165) is 43.9 Å². The zero-order valence-corrected chi connectivity index (χ0v) is 10.9. The number of hydrogen-bond donors (Lipinski definition) is 1. The molecule has 0 unspecified atom stereocenters. The highest BCUT2D eigenvalue weighted by molar-refractivity contribution is 5.56. The number of terminal acetylenes is 1. The van der Waals surface area contributed by atoms with Gasteiger partial charge in [0.25, 0.3) is 0 Å². The first-order chi connectivity index (χ1) is 8.83. The molecule has 3 heteroatoms. The van der Waals surface area contributed by atoms with Gasteiger partial charge in [0.15, 0.2) is 0 Å². The minimum Gasteiger partial charge on any atom is -0.495 e. The highest BCUT2D eigenvalue weighted by Crippen LogP contribution is 2.25. The lowest BCUT2D eigenvalue weighted by atomic mass is 10.0. The van der Waals surface area contributed by atoms with Crippen molar-refractivity contribution in [1.29, 1.82) is 0 Å². The molecule has 0 aliphatic carbocycles. The second-order valence-electron chi connectivity index (χ2n) is 4.60. The number of piperidine rings is 1. The predicted octanol–water partition coefficient (Wildman–Crippen LogP) is 2.20. The van der Waals surface area contributed by atoms with E-state index in [1.54, 1.807) is 7.11 Å². The summed E-state index contributed by atoms with van der Waals surface area (Å²) in [5.41, 5.74) is 1.08. The number of nitrogens with zero attached hydrogens (tertiary/aromatic N) is 1. The molecular weight excluding hydrogens is 224 g/mol. The van der Waals surface area contributed by atoms with Crippen LogP contribution in [0.3, 0.4) is 0 Å². The van der Waals surface area contributed by atoms with Crippen LogP contribution in [0.4, 0.5) is 5.69 Å². The molecule has 1 N–H and O–H groups in total. The molecule has 0 amide bonds. The third-order valence-electron chi connectivity index (χ3n) is 3.37. The normalized spacial score (nSPS) is 17.1. The summed E-state index contributed by atoms with van der Waals surface area (Å²) < 4.78 is 5.35. The van der Waals surface area contributed by atoms with Gasteiger partial charge >= 0.3 is 0 Å². The Morgan fingerprint density at radius 3 is 2.78 bits per heavy atom. The van der Waals surface area contributed by atoms with E-state index >= 15 is 0 Å². The Morgan fingerprint density at radius 2 is 2.11 bits per heavy atom. The Labute approximate surface area is 109 Å². The average molecular weight is 244 g/mol. The number of para-hydroxylation sites is 2. The van der Waals surface area contributed by atoms with Gasteiger partial charge in [0.1, 0.15) is 5.75 Å². The van der Waals surface area contributed by atoms with Crippen LogP contribution in [0.25, 0.3) is 0 Å². The van der Waals surface area contributed by atoms with Gasteiger partial charge in [0, 0.05) is 19.1 Å². The molecule has 0 atom stereocenters. The van der Waals surface area contributed by atoms with Crippen molar-refractivity contribution < 1.29 is 4.74 Å². The molecule has 3 nitrogen and oxygen atoms in total. The lowest BCUT2D eigenvalue weighted by Crippen LogP contribution is -2.39. The molecule has 1 aliphatic heterocycles. The lowest BCUT2D eigenvalue weighted by Gasteiger charge is -2.31. The molecule has 1 aliphatic rings. The van der Waals surface area contributed by atoms with Crippen LogP contribution < -0.4 is 10.1 Å². The van der Waals surface area contributed by atoms with Gasteiger partial charge < -0.3 is 10.1 Å². The van der Waals surface area contributed by atoms with E-state index in [0.29, 0.717) is 6.04 Å². The standard InChI is InChI=1S/C15H20N2O/c1-3-10-17-11-8-13(9-12-17)16-14-6-4-5-7-15(14)18-2/h1,4-7,13,16H,8-12H2,2H3. The van der Waals surface area contributed by atoms with Gasteiger partial charge in [-0.25, -0.2) is 0 Å². The molecule has 0 radical (unpaired) electrons. The van der Waals surface area contributed by atoms with E-state index < -0.39 is 0 Å². The first-order valence-corrected chi connectivity index (χ1v) is 6.39. The van der Waals surface area contributed by atoms with Crippen LogP contribution in [-0.4, -0.2) is 37.7 Å². The van der Waals surface area contributed by atoms with E-state index in [-0.39, 0.29) is 0 Å². The molecule has 0 aromatic heterocycles. The van der Waals surface area contributed by atoms with Crippen molar-refractivity contribution >= 4 is 5.69 Å². The molecule has 1 saturated heterocycles. The smallest absolute Gasteiger partial charge is 0.141 e. The quantitative estimate of drug-likeness (QED) is 0.822. The summed E-state index contributed by atoms with van der Waals surface area (Å²) in [6, 6.07) is 8.57. The summed E-state index contributed by atoms with van der Waals surface area (Å²) >= 11 is 0. The van der Waals surface area contributed by atoms with Gasteiger partial charge in [0.05, 0.1) is 19.3 Å².